The van der Waals surface area contributed by atoms with E-state index in [2.05, 4.69) is 5.32 Å². The minimum absolute atomic E-state index is 0.0943. The van der Waals surface area contributed by atoms with E-state index in [1.807, 2.05) is 18.2 Å². The van der Waals surface area contributed by atoms with Crippen LogP contribution in [0.5, 0.6) is 11.5 Å². The molecule has 0 aliphatic carbocycles. The van der Waals surface area contributed by atoms with E-state index in [0.717, 1.165) is 22.7 Å². The topological polar surface area (TPSA) is 73.6 Å². The van der Waals surface area contributed by atoms with Gasteiger partial charge in [-0.1, -0.05) is 12.1 Å². The first-order valence-corrected chi connectivity index (χ1v) is 6.09. The molecule has 0 saturated heterocycles. The van der Waals surface area contributed by atoms with Gasteiger partial charge >= 0.3 is 0 Å². The maximum atomic E-state index is 10.6. The fourth-order valence-electron chi connectivity index (χ4n) is 1.95. The minimum Gasteiger partial charge on any atom is -0.454 e. The Labute approximate surface area is 115 Å². The number of nitrogens with one attached hydrogen (secondary N) is 1. The second-order valence-electron chi connectivity index (χ2n) is 4.35. The van der Waals surface area contributed by atoms with Gasteiger partial charge in [-0.2, -0.15) is 0 Å². The molecule has 6 nitrogen and oxygen atoms in total. The van der Waals surface area contributed by atoms with Crippen LogP contribution in [0.2, 0.25) is 0 Å². The minimum atomic E-state index is -0.408. The number of rotatable bonds is 4. The molecule has 0 spiro atoms. The molecular weight excluding hydrogens is 260 g/mol. The molecule has 2 aromatic carbocycles. The van der Waals surface area contributed by atoms with Crippen molar-refractivity contribution >= 4 is 11.4 Å². The van der Waals surface area contributed by atoms with Crippen LogP contribution in [0.15, 0.2) is 42.5 Å². The summed E-state index contributed by atoms with van der Waals surface area (Å²) in [5.74, 6) is 1.46. The highest BCUT2D eigenvalue weighted by molar-refractivity contribution is 5.55. The number of nitrogens with zero attached hydrogens (tertiary/aromatic N) is 1. The van der Waals surface area contributed by atoms with E-state index in [4.69, 9.17) is 9.47 Å². The summed E-state index contributed by atoms with van der Waals surface area (Å²) < 4.78 is 10.5. The number of nitro benzene ring substituents is 1. The van der Waals surface area contributed by atoms with Crippen molar-refractivity contribution in [2.24, 2.45) is 0 Å². The molecule has 2 aromatic rings. The SMILES string of the molecule is O=[N+]([O-])c1ccc(CNc2ccc3c(c2)OCO3)cc1. The number of fused-ring (bicyclic) bond motifs is 1. The summed E-state index contributed by atoms with van der Waals surface area (Å²) in [6.45, 7) is 0.832. The van der Waals surface area contributed by atoms with E-state index in [0.29, 0.717) is 6.54 Å². The van der Waals surface area contributed by atoms with Crippen LogP contribution in [0.1, 0.15) is 5.56 Å². The lowest BCUT2D eigenvalue weighted by Crippen LogP contribution is -1.99. The van der Waals surface area contributed by atoms with Gasteiger partial charge in [-0.25, -0.2) is 0 Å². The largest absolute Gasteiger partial charge is 0.454 e. The van der Waals surface area contributed by atoms with Gasteiger partial charge in [-0.05, 0) is 17.7 Å². The molecule has 6 heteroatoms. The van der Waals surface area contributed by atoms with Gasteiger partial charge in [0, 0.05) is 30.4 Å². The Balaban J connectivity index is 1.65. The van der Waals surface area contributed by atoms with Crippen LogP contribution in [0, 0.1) is 10.1 Å². The third-order valence-electron chi connectivity index (χ3n) is 3.02. The number of non-ortho nitro benzene ring substituents is 1. The highest BCUT2D eigenvalue weighted by atomic mass is 16.7. The van der Waals surface area contributed by atoms with Crippen molar-refractivity contribution < 1.29 is 14.4 Å². The molecule has 20 heavy (non-hydrogen) atoms. The molecule has 1 aliphatic rings. The molecule has 0 bridgehead atoms. The Morgan fingerprint density at radius 1 is 1.10 bits per heavy atom. The molecular formula is C14H12N2O4. The van der Waals surface area contributed by atoms with Crippen LogP contribution in [0.3, 0.4) is 0 Å². The van der Waals surface area contributed by atoms with Gasteiger partial charge < -0.3 is 14.8 Å². The van der Waals surface area contributed by atoms with Crippen LogP contribution in [-0.2, 0) is 6.54 Å². The van der Waals surface area contributed by atoms with Crippen molar-refractivity contribution in [3.8, 4) is 11.5 Å². The molecule has 102 valence electrons. The Hall–Kier alpha value is -2.76. The monoisotopic (exact) mass is 272 g/mol. The van der Waals surface area contributed by atoms with E-state index in [1.54, 1.807) is 12.1 Å². The lowest BCUT2D eigenvalue weighted by atomic mass is 10.2. The van der Waals surface area contributed by atoms with Crippen molar-refractivity contribution in [1.29, 1.82) is 0 Å². The number of anilines is 1. The Morgan fingerprint density at radius 2 is 1.85 bits per heavy atom. The second kappa shape index (κ2) is 5.08. The van der Waals surface area contributed by atoms with Gasteiger partial charge in [0.25, 0.3) is 5.69 Å². The van der Waals surface area contributed by atoms with Gasteiger partial charge in [0.15, 0.2) is 11.5 Å². The number of ether oxygens (including phenoxy) is 2. The quantitative estimate of drug-likeness (QED) is 0.684. The molecule has 0 fully saturated rings. The van der Waals surface area contributed by atoms with Gasteiger partial charge in [0.2, 0.25) is 6.79 Å². The summed E-state index contributed by atoms with van der Waals surface area (Å²) in [5, 5.41) is 13.8. The van der Waals surface area contributed by atoms with Gasteiger partial charge in [0.05, 0.1) is 4.92 Å². The predicted molar refractivity (Wildman–Crippen MR) is 73.0 cm³/mol. The van der Waals surface area contributed by atoms with E-state index < -0.39 is 4.92 Å². The Kier molecular flexibility index (Phi) is 3.12. The predicted octanol–water partition coefficient (Wildman–Crippen LogP) is 2.94. The van der Waals surface area contributed by atoms with Crippen LogP contribution < -0.4 is 14.8 Å². The van der Waals surface area contributed by atoms with Crippen molar-refractivity contribution in [2.75, 3.05) is 12.1 Å². The van der Waals surface area contributed by atoms with E-state index >= 15 is 0 Å². The molecule has 0 atom stereocenters. The summed E-state index contributed by atoms with van der Waals surface area (Å²) in [6, 6.07) is 12.1. The third kappa shape index (κ3) is 2.49. The van der Waals surface area contributed by atoms with Gasteiger partial charge in [0.1, 0.15) is 0 Å². The number of hydrogen-bond donors (Lipinski definition) is 1. The zero-order valence-corrected chi connectivity index (χ0v) is 10.5. The fraction of sp³-hybridized carbons (Fsp3) is 0.143. The van der Waals surface area contributed by atoms with Gasteiger partial charge in [-0.3, -0.25) is 10.1 Å². The number of benzene rings is 2. The smallest absolute Gasteiger partial charge is 0.269 e. The van der Waals surface area contributed by atoms with E-state index in [1.165, 1.54) is 12.1 Å². The summed E-state index contributed by atoms with van der Waals surface area (Å²) in [5.41, 5.74) is 1.97. The number of nitro groups is 1. The highest BCUT2D eigenvalue weighted by Gasteiger charge is 2.13. The fourth-order valence-corrected chi connectivity index (χ4v) is 1.95. The second-order valence-corrected chi connectivity index (χ2v) is 4.35. The molecule has 0 unspecified atom stereocenters. The Bertz CT molecular complexity index is 640. The molecule has 1 aliphatic heterocycles. The average Bonchev–Trinajstić information content (AvgIpc) is 2.93. The van der Waals surface area contributed by atoms with Crippen molar-refractivity contribution in [3.63, 3.8) is 0 Å². The highest BCUT2D eigenvalue weighted by Crippen LogP contribution is 2.34. The lowest BCUT2D eigenvalue weighted by molar-refractivity contribution is -0.384. The first-order valence-electron chi connectivity index (χ1n) is 6.09. The van der Waals surface area contributed by atoms with Crippen LogP contribution in [0.25, 0.3) is 0 Å². The summed E-state index contributed by atoms with van der Waals surface area (Å²) in [6.07, 6.45) is 0. The third-order valence-corrected chi connectivity index (χ3v) is 3.02. The zero-order chi connectivity index (χ0) is 13.9. The molecule has 3 rings (SSSR count). The maximum absolute atomic E-state index is 10.6. The molecule has 1 N–H and O–H groups in total. The number of hydrogen-bond acceptors (Lipinski definition) is 5. The molecule has 0 aromatic heterocycles. The summed E-state index contributed by atoms with van der Waals surface area (Å²) >= 11 is 0. The molecule has 0 radical (unpaired) electrons. The van der Waals surface area contributed by atoms with Crippen molar-refractivity contribution in [3.05, 3.63) is 58.1 Å². The van der Waals surface area contributed by atoms with Crippen LogP contribution >= 0.6 is 0 Å². The summed E-state index contributed by atoms with van der Waals surface area (Å²) in [4.78, 5) is 10.2. The van der Waals surface area contributed by atoms with Crippen LogP contribution in [-0.4, -0.2) is 11.7 Å². The van der Waals surface area contributed by atoms with Crippen molar-refractivity contribution in [1.82, 2.24) is 0 Å². The van der Waals surface area contributed by atoms with Crippen molar-refractivity contribution in [2.45, 2.75) is 6.54 Å². The molecule has 0 saturated carbocycles. The molecule has 1 heterocycles. The van der Waals surface area contributed by atoms with Crippen LogP contribution in [0.4, 0.5) is 11.4 Å². The first-order chi connectivity index (χ1) is 9.72. The average molecular weight is 272 g/mol. The lowest BCUT2D eigenvalue weighted by Gasteiger charge is -2.07. The molecule has 0 amide bonds. The Morgan fingerprint density at radius 3 is 2.60 bits per heavy atom. The normalized spacial score (nSPS) is 12.2. The maximum Gasteiger partial charge on any atom is 0.269 e. The zero-order valence-electron chi connectivity index (χ0n) is 10.5. The van der Waals surface area contributed by atoms with Gasteiger partial charge in [-0.15, -0.1) is 0 Å². The first kappa shape index (κ1) is 12.3. The van der Waals surface area contributed by atoms with E-state index in [9.17, 15) is 10.1 Å². The van der Waals surface area contributed by atoms with E-state index in [-0.39, 0.29) is 12.5 Å². The standard InChI is InChI=1S/C14H12N2O4/c17-16(18)12-4-1-10(2-5-12)8-15-11-3-6-13-14(7-11)20-9-19-13/h1-7,15H,8-9H2. The summed E-state index contributed by atoms with van der Waals surface area (Å²) in [7, 11) is 0.